The molecule has 0 radical (unpaired) electrons. The summed E-state index contributed by atoms with van der Waals surface area (Å²) in [6.45, 7) is 5.77. The van der Waals surface area contributed by atoms with E-state index in [-0.39, 0.29) is 11.9 Å². The van der Waals surface area contributed by atoms with Crippen LogP contribution in [-0.2, 0) is 19.6 Å². The smallest absolute Gasteiger partial charge is 0.275 e. The van der Waals surface area contributed by atoms with Gasteiger partial charge >= 0.3 is 0 Å². The van der Waals surface area contributed by atoms with Gasteiger partial charge in [0.1, 0.15) is 6.26 Å². The van der Waals surface area contributed by atoms with Crippen LogP contribution in [0.3, 0.4) is 0 Å². The molecule has 0 fully saturated rings. The maximum absolute atomic E-state index is 12.7. The van der Waals surface area contributed by atoms with Crippen LogP contribution in [0.4, 0.5) is 0 Å². The molecule has 1 heterocycles. The van der Waals surface area contributed by atoms with Gasteiger partial charge in [-0.25, -0.2) is 4.98 Å². The van der Waals surface area contributed by atoms with Gasteiger partial charge in [0, 0.05) is 36.2 Å². The van der Waals surface area contributed by atoms with Gasteiger partial charge in [-0.3, -0.25) is 9.69 Å². The number of carbonyl (C=O) groups excluding carboxylic acids is 1. The predicted molar refractivity (Wildman–Crippen MR) is 120 cm³/mol. The molecule has 0 saturated carbocycles. The molecule has 158 valence electrons. The SMILES string of the molecule is CC(C)N(Cc1nc(C(=O)N(C)Cc2ccccc2)co1)Cc1ccc(Cl)cc1Cl. The Hall–Kier alpha value is -2.34. The summed E-state index contributed by atoms with van der Waals surface area (Å²) in [4.78, 5) is 20.9. The van der Waals surface area contributed by atoms with Crippen LogP contribution in [0, 0.1) is 0 Å². The zero-order valence-corrected chi connectivity index (χ0v) is 18.8. The van der Waals surface area contributed by atoms with Crippen molar-refractivity contribution in [3.63, 3.8) is 0 Å². The van der Waals surface area contributed by atoms with Crippen LogP contribution >= 0.6 is 23.2 Å². The van der Waals surface area contributed by atoms with Crippen molar-refractivity contribution in [3.8, 4) is 0 Å². The lowest BCUT2D eigenvalue weighted by molar-refractivity contribution is 0.0779. The van der Waals surface area contributed by atoms with Crippen LogP contribution in [0.1, 0.15) is 41.4 Å². The molecular weight excluding hydrogens is 421 g/mol. The predicted octanol–water partition coefficient (Wildman–Crippen LogP) is 5.66. The first kappa shape index (κ1) is 22.3. The molecule has 0 saturated heterocycles. The maximum Gasteiger partial charge on any atom is 0.275 e. The molecule has 0 bridgehead atoms. The van der Waals surface area contributed by atoms with Gasteiger partial charge in [-0.05, 0) is 37.1 Å². The number of carbonyl (C=O) groups is 1. The van der Waals surface area contributed by atoms with Crippen molar-refractivity contribution in [2.75, 3.05) is 7.05 Å². The van der Waals surface area contributed by atoms with Gasteiger partial charge in [0.05, 0.1) is 6.54 Å². The minimum absolute atomic E-state index is 0.175. The first-order valence-electron chi connectivity index (χ1n) is 9.75. The molecule has 5 nitrogen and oxygen atoms in total. The van der Waals surface area contributed by atoms with E-state index in [4.69, 9.17) is 27.6 Å². The molecule has 3 rings (SSSR count). The summed E-state index contributed by atoms with van der Waals surface area (Å²) in [5, 5.41) is 1.23. The Morgan fingerprint density at radius 2 is 1.80 bits per heavy atom. The standard InChI is InChI=1S/C23H25Cl2N3O2/c1-16(2)28(13-18-9-10-19(24)11-20(18)25)14-22-26-21(15-30-22)23(29)27(3)12-17-7-5-4-6-8-17/h4-11,15-16H,12-14H2,1-3H3. The topological polar surface area (TPSA) is 49.6 Å². The number of hydrogen-bond donors (Lipinski definition) is 0. The second-order valence-corrected chi connectivity index (χ2v) is 8.35. The summed E-state index contributed by atoms with van der Waals surface area (Å²) < 4.78 is 5.60. The maximum atomic E-state index is 12.7. The molecule has 7 heteroatoms. The second-order valence-electron chi connectivity index (χ2n) is 7.51. The highest BCUT2D eigenvalue weighted by atomic mass is 35.5. The third-order valence-corrected chi connectivity index (χ3v) is 5.42. The van der Waals surface area contributed by atoms with E-state index < -0.39 is 0 Å². The Morgan fingerprint density at radius 1 is 1.07 bits per heavy atom. The van der Waals surface area contributed by atoms with E-state index in [1.165, 1.54) is 6.26 Å². The van der Waals surface area contributed by atoms with Gasteiger partial charge in [0.15, 0.2) is 5.69 Å². The molecule has 30 heavy (non-hydrogen) atoms. The third-order valence-electron chi connectivity index (χ3n) is 4.84. The molecule has 1 amide bonds. The highest BCUT2D eigenvalue weighted by molar-refractivity contribution is 6.35. The van der Waals surface area contributed by atoms with Crippen LogP contribution in [0.15, 0.2) is 59.2 Å². The number of hydrogen-bond acceptors (Lipinski definition) is 4. The number of rotatable bonds is 8. The second kappa shape index (κ2) is 10.1. The third kappa shape index (κ3) is 5.85. The molecule has 0 N–H and O–H groups in total. The Labute approximate surface area is 187 Å². The minimum Gasteiger partial charge on any atom is -0.447 e. The largest absolute Gasteiger partial charge is 0.447 e. The van der Waals surface area contributed by atoms with Gasteiger partial charge in [0.2, 0.25) is 5.89 Å². The average molecular weight is 446 g/mol. The highest BCUT2D eigenvalue weighted by Crippen LogP contribution is 2.24. The fourth-order valence-electron chi connectivity index (χ4n) is 3.07. The van der Waals surface area contributed by atoms with Crippen molar-refractivity contribution in [1.29, 1.82) is 0 Å². The van der Waals surface area contributed by atoms with Crippen LogP contribution < -0.4 is 0 Å². The van der Waals surface area contributed by atoms with E-state index in [9.17, 15) is 4.79 Å². The monoisotopic (exact) mass is 445 g/mol. The first-order chi connectivity index (χ1) is 14.3. The van der Waals surface area contributed by atoms with Crippen molar-refractivity contribution < 1.29 is 9.21 Å². The Balaban J connectivity index is 1.66. The van der Waals surface area contributed by atoms with Crippen LogP contribution in [-0.4, -0.2) is 33.8 Å². The summed E-state index contributed by atoms with van der Waals surface area (Å²) in [5.41, 5.74) is 2.33. The lowest BCUT2D eigenvalue weighted by atomic mass is 10.2. The molecule has 0 aliphatic carbocycles. The van der Waals surface area contributed by atoms with Crippen LogP contribution in [0.5, 0.6) is 0 Å². The summed E-state index contributed by atoms with van der Waals surface area (Å²) in [5.74, 6) is 0.316. The molecule has 2 aromatic carbocycles. The molecular formula is C23H25Cl2N3O2. The van der Waals surface area contributed by atoms with Crippen LogP contribution in [0.25, 0.3) is 0 Å². The molecule has 0 spiro atoms. The Bertz CT molecular complexity index is 989. The van der Waals surface area contributed by atoms with E-state index in [1.807, 2.05) is 42.5 Å². The van der Waals surface area contributed by atoms with Crippen molar-refractivity contribution in [3.05, 3.63) is 87.6 Å². The van der Waals surface area contributed by atoms with Gasteiger partial charge in [-0.15, -0.1) is 0 Å². The van der Waals surface area contributed by atoms with E-state index in [0.717, 1.165) is 11.1 Å². The lowest BCUT2D eigenvalue weighted by Gasteiger charge is -2.25. The van der Waals surface area contributed by atoms with Gasteiger partial charge in [-0.2, -0.15) is 0 Å². The number of aromatic nitrogens is 1. The van der Waals surface area contributed by atoms with Crippen molar-refractivity contribution in [2.45, 2.75) is 39.5 Å². The number of nitrogens with zero attached hydrogens (tertiary/aromatic N) is 3. The lowest BCUT2D eigenvalue weighted by Crippen LogP contribution is -2.30. The summed E-state index contributed by atoms with van der Waals surface area (Å²) in [6, 6.07) is 15.5. The molecule has 0 atom stereocenters. The van der Waals surface area contributed by atoms with Crippen molar-refractivity contribution in [1.82, 2.24) is 14.8 Å². The van der Waals surface area contributed by atoms with Gasteiger partial charge in [0.25, 0.3) is 5.91 Å². The zero-order chi connectivity index (χ0) is 21.7. The van der Waals surface area contributed by atoms with Crippen LogP contribution in [0.2, 0.25) is 10.0 Å². The van der Waals surface area contributed by atoms with Crippen molar-refractivity contribution in [2.24, 2.45) is 0 Å². The fraction of sp³-hybridized carbons (Fsp3) is 0.304. The van der Waals surface area contributed by atoms with E-state index >= 15 is 0 Å². The number of amides is 1. The first-order valence-corrected chi connectivity index (χ1v) is 10.5. The molecule has 0 unspecified atom stereocenters. The van der Waals surface area contributed by atoms with Gasteiger partial charge < -0.3 is 9.32 Å². The zero-order valence-electron chi connectivity index (χ0n) is 17.3. The fourth-order valence-corrected chi connectivity index (χ4v) is 3.54. The van der Waals surface area contributed by atoms with Gasteiger partial charge in [-0.1, -0.05) is 59.6 Å². The summed E-state index contributed by atoms with van der Waals surface area (Å²) in [6.07, 6.45) is 1.42. The Morgan fingerprint density at radius 3 is 2.47 bits per heavy atom. The number of halogens is 2. The summed E-state index contributed by atoms with van der Waals surface area (Å²) in [7, 11) is 1.76. The van der Waals surface area contributed by atoms with Crippen molar-refractivity contribution >= 4 is 29.1 Å². The quantitative estimate of drug-likeness (QED) is 0.448. The number of benzene rings is 2. The normalized spacial score (nSPS) is 11.3. The van der Waals surface area contributed by atoms with E-state index in [2.05, 4.69) is 23.7 Å². The summed E-state index contributed by atoms with van der Waals surface area (Å²) >= 11 is 12.3. The van der Waals surface area contributed by atoms with E-state index in [0.29, 0.717) is 41.3 Å². The highest BCUT2D eigenvalue weighted by Gasteiger charge is 2.20. The molecule has 0 aliphatic rings. The molecule has 1 aromatic heterocycles. The Kier molecular flexibility index (Phi) is 7.53. The molecule has 3 aromatic rings. The van der Waals surface area contributed by atoms with E-state index in [1.54, 1.807) is 18.0 Å². The number of oxazole rings is 1. The average Bonchev–Trinajstić information content (AvgIpc) is 3.18. The molecule has 0 aliphatic heterocycles. The minimum atomic E-state index is -0.175.